The first-order valence-electron chi connectivity index (χ1n) is 6.26. The maximum absolute atomic E-state index is 6.10. The third-order valence-electron chi connectivity index (χ3n) is 3.65. The van der Waals surface area contributed by atoms with Crippen LogP contribution in [0.4, 0.5) is 0 Å². The average molecular weight is 254 g/mol. The van der Waals surface area contributed by atoms with Crippen molar-refractivity contribution in [2.45, 2.75) is 38.8 Å². The molecule has 0 radical (unpaired) electrons. The lowest BCUT2D eigenvalue weighted by Gasteiger charge is -2.17. The van der Waals surface area contributed by atoms with Gasteiger partial charge in [-0.3, -0.25) is 0 Å². The second-order valence-corrected chi connectivity index (χ2v) is 5.27. The molecule has 1 N–H and O–H groups in total. The molecule has 1 fully saturated rings. The molecule has 2 rings (SSSR count). The summed E-state index contributed by atoms with van der Waals surface area (Å²) in [6, 6.07) is 6.64. The van der Waals surface area contributed by atoms with Gasteiger partial charge in [0.1, 0.15) is 5.75 Å². The van der Waals surface area contributed by atoms with E-state index in [-0.39, 0.29) is 0 Å². The van der Waals surface area contributed by atoms with Crippen LogP contribution in [0.3, 0.4) is 0 Å². The smallest absolute Gasteiger partial charge is 0.137 e. The van der Waals surface area contributed by atoms with Crippen molar-refractivity contribution in [3.05, 3.63) is 28.8 Å². The monoisotopic (exact) mass is 253 g/mol. The number of hydrogen-bond donors (Lipinski definition) is 1. The highest BCUT2D eigenvalue weighted by molar-refractivity contribution is 6.32. The van der Waals surface area contributed by atoms with Crippen molar-refractivity contribution < 1.29 is 4.74 Å². The van der Waals surface area contributed by atoms with Crippen molar-refractivity contribution in [2.75, 3.05) is 7.11 Å². The number of rotatable bonds is 4. The highest BCUT2D eigenvalue weighted by atomic mass is 35.5. The summed E-state index contributed by atoms with van der Waals surface area (Å²) in [6.45, 7) is 3.21. The zero-order chi connectivity index (χ0) is 12.3. The quantitative estimate of drug-likeness (QED) is 0.885. The largest absolute Gasteiger partial charge is 0.495 e. The Morgan fingerprint density at radius 2 is 2.24 bits per heavy atom. The number of nitrogens with one attached hydrogen (secondary N) is 1. The highest BCUT2D eigenvalue weighted by Gasteiger charge is 2.22. The molecule has 2 nitrogen and oxygen atoms in total. The minimum absolute atomic E-state index is 0.663. The van der Waals surface area contributed by atoms with Gasteiger partial charge in [0.05, 0.1) is 12.1 Å². The number of methoxy groups -OCH3 is 1. The molecule has 94 valence electrons. The molecular weight excluding hydrogens is 234 g/mol. The molecule has 17 heavy (non-hydrogen) atoms. The second kappa shape index (κ2) is 5.74. The number of ether oxygens (including phenoxy) is 1. The number of benzene rings is 1. The van der Waals surface area contributed by atoms with E-state index in [9.17, 15) is 0 Å². The Balaban J connectivity index is 1.92. The minimum Gasteiger partial charge on any atom is -0.495 e. The molecule has 0 saturated heterocycles. The molecule has 0 aliphatic heterocycles. The Morgan fingerprint density at radius 1 is 1.41 bits per heavy atom. The van der Waals surface area contributed by atoms with Crippen LogP contribution >= 0.6 is 11.6 Å². The van der Waals surface area contributed by atoms with Gasteiger partial charge in [0.25, 0.3) is 0 Å². The Kier molecular flexibility index (Phi) is 4.30. The molecule has 0 spiro atoms. The predicted octanol–water partition coefficient (Wildman–Crippen LogP) is 3.63. The fourth-order valence-corrected chi connectivity index (χ4v) is 2.80. The predicted molar refractivity (Wildman–Crippen MR) is 71.6 cm³/mol. The normalized spacial score (nSPS) is 23.9. The Hall–Kier alpha value is -0.730. The summed E-state index contributed by atoms with van der Waals surface area (Å²) in [6.07, 6.45) is 3.99. The maximum Gasteiger partial charge on any atom is 0.137 e. The van der Waals surface area contributed by atoms with Gasteiger partial charge in [-0.2, -0.15) is 0 Å². The van der Waals surface area contributed by atoms with E-state index >= 15 is 0 Å². The van der Waals surface area contributed by atoms with E-state index < -0.39 is 0 Å². The van der Waals surface area contributed by atoms with E-state index in [4.69, 9.17) is 16.3 Å². The van der Waals surface area contributed by atoms with Gasteiger partial charge < -0.3 is 10.1 Å². The zero-order valence-corrected chi connectivity index (χ0v) is 11.3. The first-order valence-corrected chi connectivity index (χ1v) is 6.64. The summed E-state index contributed by atoms with van der Waals surface area (Å²) >= 11 is 6.10. The third-order valence-corrected chi connectivity index (χ3v) is 3.94. The van der Waals surface area contributed by atoms with E-state index in [0.717, 1.165) is 18.2 Å². The number of hydrogen-bond acceptors (Lipinski definition) is 2. The van der Waals surface area contributed by atoms with Crippen molar-refractivity contribution >= 4 is 11.6 Å². The lowest BCUT2D eigenvalue weighted by molar-refractivity contribution is 0.413. The topological polar surface area (TPSA) is 21.3 Å². The van der Waals surface area contributed by atoms with Crippen LogP contribution in [-0.2, 0) is 6.54 Å². The van der Waals surface area contributed by atoms with Crippen LogP contribution in [0.15, 0.2) is 18.2 Å². The molecule has 0 aromatic heterocycles. The first kappa shape index (κ1) is 12.7. The van der Waals surface area contributed by atoms with Crippen molar-refractivity contribution in [1.29, 1.82) is 0 Å². The van der Waals surface area contributed by atoms with Crippen LogP contribution in [0.1, 0.15) is 31.7 Å². The van der Waals surface area contributed by atoms with Crippen LogP contribution in [0.25, 0.3) is 0 Å². The molecule has 1 aromatic carbocycles. The first-order chi connectivity index (χ1) is 8.20. The van der Waals surface area contributed by atoms with Crippen molar-refractivity contribution in [1.82, 2.24) is 5.32 Å². The van der Waals surface area contributed by atoms with Gasteiger partial charge >= 0.3 is 0 Å². The van der Waals surface area contributed by atoms with E-state index in [1.165, 1.54) is 24.8 Å². The Morgan fingerprint density at radius 3 is 2.82 bits per heavy atom. The van der Waals surface area contributed by atoms with Gasteiger partial charge in [-0.05, 0) is 36.5 Å². The fourth-order valence-electron chi connectivity index (χ4n) is 2.52. The molecule has 1 aliphatic rings. The third kappa shape index (κ3) is 3.14. The van der Waals surface area contributed by atoms with E-state index in [0.29, 0.717) is 11.1 Å². The molecule has 2 atom stereocenters. The molecule has 1 aliphatic carbocycles. The Labute approximate surface area is 108 Å². The van der Waals surface area contributed by atoms with Crippen molar-refractivity contribution in [3.8, 4) is 5.75 Å². The van der Waals surface area contributed by atoms with Gasteiger partial charge in [0.15, 0.2) is 0 Å². The summed E-state index contributed by atoms with van der Waals surface area (Å²) in [7, 11) is 1.64. The van der Waals surface area contributed by atoms with Crippen LogP contribution in [0.2, 0.25) is 5.02 Å². The van der Waals surface area contributed by atoms with Gasteiger partial charge in [0, 0.05) is 12.6 Å². The second-order valence-electron chi connectivity index (χ2n) is 4.86. The van der Waals surface area contributed by atoms with Gasteiger partial charge in [-0.1, -0.05) is 31.0 Å². The minimum atomic E-state index is 0.663. The van der Waals surface area contributed by atoms with Gasteiger partial charge in [-0.25, -0.2) is 0 Å². The molecular formula is C14H20ClNO. The maximum atomic E-state index is 6.10. The van der Waals surface area contributed by atoms with Crippen molar-refractivity contribution in [2.24, 2.45) is 5.92 Å². The lowest BCUT2D eigenvalue weighted by atomic mass is 10.1. The standard InChI is InChI=1S/C14H20ClNO/c1-10-4-3-5-13(10)16-9-11-6-7-14(17-2)12(15)8-11/h6-8,10,13,16H,3-5,9H2,1-2H3. The van der Waals surface area contributed by atoms with Crippen LogP contribution in [0.5, 0.6) is 5.75 Å². The van der Waals surface area contributed by atoms with Crippen molar-refractivity contribution in [3.63, 3.8) is 0 Å². The van der Waals surface area contributed by atoms with Gasteiger partial charge in [-0.15, -0.1) is 0 Å². The van der Waals surface area contributed by atoms with Crippen LogP contribution in [0, 0.1) is 5.92 Å². The summed E-state index contributed by atoms with van der Waals surface area (Å²) in [5, 5.41) is 4.30. The van der Waals surface area contributed by atoms with E-state index in [2.05, 4.69) is 18.3 Å². The average Bonchev–Trinajstić information content (AvgIpc) is 2.72. The fraction of sp³-hybridized carbons (Fsp3) is 0.571. The van der Waals surface area contributed by atoms with Gasteiger partial charge in [0.2, 0.25) is 0 Å². The molecule has 3 heteroatoms. The summed E-state index contributed by atoms with van der Waals surface area (Å²) in [5.74, 6) is 1.54. The zero-order valence-electron chi connectivity index (χ0n) is 10.5. The molecule has 0 bridgehead atoms. The highest BCUT2D eigenvalue weighted by Crippen LogP contribution is 2.27. The number of halogens is 1. The molecule has 1 saturated carbocycles. The van der Waals surface area contributed by atoms with E-state index in [1.807, 2.05) is 12.1 Å². The molecule has 1 aromatic rings. The molecule has 2 unspecified atom stereocenters. The summed E-state index contributed by atoms with van der Waals surface area (Å²) in [5.41, 5.74) is 1.22. The Bertz CT molecular complexity index is 380. The SMILES string of the molecule is COc1ccc(CNC2CCCC2C)cc1Cl. The lowest BCUT2D eigenvalue weighted by Crippen LogP contribution is -2.30. The molecule has 0 heterocycles. The van der Waals surface area contributed by atoms with E-state index in [1.54, 1.807) is 7.11 Å². The summed E-state index contributed by atoms with van der Waals surface area (Å²) < 4.78 is 5.14. The summed E-state index contributed by atoms with van der Waals surface area (Å²) in [4.78, 5) is 0. The van der Waals surface area contributed by atoms with Crippen LogP contribution in [-0.4, -0.2) is 13.2 Å². The van der Waals surface area contributed by atoms with Crippen LogP contribution < -0.4 is 10.1 Å². The molecule has 0 amide bonds.